The monoisotopic (exact) mass is 602 g/mol. The summed E-state index contributed by atoms with van der Waals surface area (Å²) in [5.74, 6) is -1.26. The van der Waals surface area contributed by atoms with Gasteiger partial charge < -0.3 is 26.0 Å². The number of amides is 2. The molecule has 1 aromatic carbocycles. The zero-order valence-corrected chi connectivity index (χ0v) is 26.0. The Bertz CT molecular complexity index is 1180. The second-order valence-corrected chi connectivity index (χ2v) is 13.1. The van der Waals surface area contributed by atoms with E-state index in [0.717, 1.165) is 41.0 Å². The van der Waals surface area contributed by atoms with Crippen LogP contribution in [0.15, 0.2) is 29.8 Å². The number of carbonyl (C=O) groups is 3. The van der Waals surface area contributed by atoms with Crippen LogP contribution >= 0.6 is 11.3 Å². The zero-order valence-electron chi connectivity index (χ0n) is 25.1. The number of carbonyl (C=O) groups excluding carboxylic acids is 2. The molecule has 0 aliphatic carbocycles. The Morgan fingerprint density at radius 3 is 2.31 bits per heavy atom. The summed E-state index contributed by atoms with van der Waals surface area (Å²) in [6.45, 7) is 8.17. The number of aryl methyl sites for hydroxylation is 1. The van der Waals surface area contributed by atoms with Crippen LogP contribution in [0.1, 0.15) is 83.4 Å². The molecule has 0 spiro atoms. The van der Waals surface area contributed by atoms with E-state index in [9.17, 15) is 24.6 Å². The quantitative estimate of drug-likeness (QED) is 0.193. The molecule has 5 N–H and O–H groups in total. The van der Waals surface area contributed by atoms with Gasteiger partial charge in [0, 0.05) is 25.9 Å². The number of aliphatic hydroxyl groups excluding tert-OH is 2. The number of nitrogens with one attached hydrogen (secondary N) is 2. The van der Waals surface area contributed by atoms with Crippen LogP contribution in [-0.2, 0) is 20.9 Å². The van der Waals surface area contributed by atoms with Crippen LogP contribution in [0.2, 0.25) is 0 Å². The Kier molecular flexibility index (Phi) is 12.5. The second kappa shape index (κ2) is 15.6. The predicted molar refractivity (Wildman–Crippen MR) is 163 cm³/mol. The molecule has 2 amide bonds. The number of carboxylic acid groups (broad SMARTS) is 1. The summed E-state index contributed by atoms with van der Waals surface area (Å²) in [6, 6.07) is 6.55. The maximum Gasteiger partial charge on any atom is 0.303 e. The fraction of sp³-hybridized carbons (Fsp3) is 0.613. The van der Waals surface area contributed by atoms with Crippen LogP contribution in [0.25, 0.3) is 10.4 Å². The van der Waals surface area contributed by atoms with E-state index in [4.69, 9.17) is 5.11 Å². The van der Waals surface area contributed by atoms with Gasteiger partial charge in [-0.15, -0.1) is 11.3 Å². The van der Waals surface area contributed by atoms with Gasteiger partial charge in [0.1, 0.15) is 6.23 Å². The summed E-state index contributed by atoms with van der Waals surface area (Å²) < 4.78 is 0. The Morgan fingerprint density at radius 1 is 1.07 bits per heavy atom. The smallest absolute Gasteiger partial charge is 0.303 e. The van der Waals surface area contributed by atoms with Crippen LogP contribution in [-0.4, -0.2) is 73.9 Å². The molecule has 3 rings (SSSR count). The lowest BCUT2D eigenvalue weighted by Crippen LogP contribution is -2.60. The van der Waals surface area contributed by atoms with E-state index in [1.54, 1.807) is 16.2 Å². The van der Waals surface area contributed by atoms with Crippen LogP contribution in [0.4, 0.5) is 0 Å². The number of aliphatic hydroxyl groups is 2. The molecule has 1 saturated heterocycles. The van der Waals surface area contributed by atoms with Gasteiger partial charge in [0.25, 0.3) is 0 Å². The zero-order chi connectivity index (χ0) is 30.9. The molecule has 42 heavy (non-hydrogen) atoms. The van der Waals surface area contributed by atoms with Gasteiger partial charge in [-0.3, -0.25) is 19.3 Å². The van der Waals surface area contributed by atoms with Gasteiger partial charge >= 0.3 is 5.97 Å². The highest BCUT2D eigenvalue weighted by atomic mass is 32.1. The normalized spacial score (nSPS) is 18.9. The third-order valence-corrected chi connectivity index (χ3v) is 8.71. The summed E-state index contributed by atoms with van der Waals surface area (Å²) in [6.07, 6.45) is 2.53. The average Bonchev–Trinajstić information content (AvgIpc) is 3.54. The molecular weight excluding hydrogens is 556 g/mol. The topological polar surface area (TPSA) is 152 Å². The number of aliphatic carboxylic acids is 1. The van der Waals surface area contributed by atoms with Crippen molar-refractivity contribution in [3.63, 3.8) is 0 Å². The molecule has 0 bridgehead atoms. The number of hydrogen-bond acceptors (Lipinski definition) is 8. The molecule has 1 aromatic heterocycles. The van der Waals surface area contributed by atoms with Crippen molar-refractivity contribution in [2.45, 2.75) is 110 Å². The van der Waals surface area contributed by atoms with Gasteiger partial charge in [0.2, 0.25) is 11.8 Å². The van der Waals surface area contributed by atoms with Gasteiger partial charge in [-0.1, -0.05) is 64.3 Å². The van der Waals surface area contributed by atoms with Gasteiger partial charge in [0.05, 0.1) is 34.3 Å². The van der Waals surface area contributed by atoms with E-state index in [-0.39, 0.29) is 31.2 Å². The van der Waals surface area contributed by atoms with Crippen molar-refractivity contribution in [2.75, 3.05) is 6.54 Å². The Balaban J connectivity index is 1.55. The van der Waals surface area contributed by atoms with Crippen molar-refractivity contribution < 1.29 is 29.7 Å². The molecule has 4 atom stereocenters. The number of rotatable bonds is 15. The van der Waals surface area contributed by atoms with Crippen LogP contribution in [0.3, 0.4) is 0 Å². The summed E-state index contributed by atoms with van der Waals surface area (Å²) in [7, 11) is 0. The largest absolute Gasteiger partial charge is 0.481 e. The number of likely N-dealkylation sites (tertiary alicyclic amines) is 1. The molecular formula is C31H46N4O6S. The Labute approximate surface area is 252 Å². The molecule has 11 heteroatoms. The van der Waals surface area contributed by atoms with E-state index in [1.165, 1.54) is 0 Å². The standard InChI is InChI=1S/C31H46N4O6S/c1-20-27(42-19-33-20)22-14-12-21(13-15-22)17-32-29(40)24-16-23(36)18-35(24)30(41)28(31(2,3)4)34-25(37)10-8-6-5-7-9-11-26(38)39/h12-15,19,23-24,28,30,36,41H,5-11,16-18H2,1-4H3,(H,32,40)(H,34,37)(H,38,39)/t23-,24+,28-,30?/m1/s1. The predicted octanol–water partition coefficient (Wildman–Crippen LogP) is 3.83. The number of hydrogen-bond donors (Lipinski definition) is 5. The number of unbranched alkanes of at least 4 members (excludes halogenated alkanes) is 4. The third-order valence-electron chi connectivity index (χ3n) is 7.73. The summed E-state index contributed by atoms with van der Waals surface area (Å²) in [5.41, 5.74) is 4.29. The number of carboxylic acids is 1. The lowest BCUT2D eigenvalue weighted by molar-refractivity contribution is -0.137. The number of benzene rings is 1. The maximum atomic E-state index is 13.3. The van der Waals surface area contributed by atoms with Crippen molar-refractivity contribution in [2.24, 2.45) is 5.41 Å². The van der Waals surface area contributed by atoms with Crippen molar-refractivity contribution in [3.8, 4) is 10.4 Å². The van der Waals surface area contributed by atoms with Crippen molar-refractivity contribution in [1.82, 2.24) is 20.5 Å². The number of thiazole rings is 1. The summed E-state index contributed by atoms with van der Waals surface area (Å²) >= 11 is 1.59. The minimum Gasteiger partial charge on any atom is -0.481 e. The first kappa shape index (κ1) is 33.6. The van der Waals surface area contributed by atoms with Gasteiger partial charge in [-0.2, -0.15) is 0 Å². The fourth-order valence-electron chi connectivity index (χ4n) is 5.32. The highest BCUT2D eigenvalue weighted by Gasteiger charge is 2.44. The molecule has 1 aliphatic rings. The maximum absolute atomic E-state index is 13.3. The fourth-order valence-corrected chi connectivity index (χ4v) is 6.13. The van der Waals surface area contributed by atoms with Crippen LogP contribution in [0, 0.1) is 12.3 Å². The molecule has 1 fully saturated rings. The average molecular weight is 603 g/mol. The van der Waals surface area contributed by atoms with Gasteiger partial charge in [-0.25, -0.2) is 4.98 Å². The Hall–Kier alpha value is -2.86. The first-order valence-electron chi connectivity index (χ1n) is 14.8. The van der Waals surface area contributed by atoms with Crippen molar-refractivity contribution >= 4 is 29.1 Å². The van der Waals surface area contributed by atoms with Crippen molar-refractivity contribution in [1.29, 1.82) is 0 Å². The minimum absolute atomic E-state index is 0.126. The number of β-amino-alcohol motifs (C(OH)–C–C–N with tert-alkyl or cyclic N) is 1. The molecule has 10 nitrogen and oxygen atoms in total. The minimum atomic E-state index is -1.17. The highest BCUT2D eigenvalue weighted by Crippen LogP contribution is 2.30. The van der Waals surface area contributed by atoms with E-state index in [0.29, 0.717) is 25.8 Å². The first-order chi connectivity index (χ1) is 19.9. The van der Waals surface area contributed by atoms with Crippen molar-refractivity contribution in [3.05, 3.63) is 41.0 Å². The molecule has 0 radical (unpaired) electrons. The van der Waals surface area contributed by atoms with E-state index < -0.39 is 35.8 Å². The van der Waals surface area contributed by atoms with Gasteiger partial charge in [-0.05, 0) is 42.7 Å². The van der Waals surface area contributed by atoms with Crippen LogP contribution < -0.4 is 10.6 Å². The van der Waals surface area contributed by atoms with Gasteiger partial charge in [0.15, 0.2) is 0 Å². The van der Waals surface area contributed by atoms with E-state index in [2.05, 4.69) is 15.6 Å². The molecule has 232 valence electrons. The second-order valence-electron chi connectivity index (χ2n) is 12.3. The summed E-state index contributed by atoms with van der Waals surface area (Å²) in [4.78, 5) is 43.7. The molecule has 1 aliphatic heterocycles. The van der Waals surface area contributed by atoms with E-state index >= 15 is 0 Å². The first-order valence-corrected chi connectivity index (χ1v) is 15.6. The number of aromatic nitrogens is 1. The molecule has 0 saturated carbocycles. The summed E-state index contributed by atoms with van der Waals surface area (Å²) in [5, 5.41) is 36.5. The molecule has 1 unspecified atom stereocenters. The number of nitrogens with zero attached hydrogens (tertiary/aromatic N) is 2. The Morgan fingerprint density at radius 2 is 1.71 bits per heavy atom. The highest BCUT2D eigenvalue weighted by molar-refractivity contribution is 7.13. The van der Waals surface area contributed by atoms with Crippen LogP contribution in [0.5, 0.6) is 0 Å². The molecule has 2 heterocycles. The third kappa shape index (κ3) is 9.86. The van der Waals surface area contributed by atoms with E-state index in [1.807, 2.05) is 57.5 Å². The molecule has 2 aromatic rings. The lowest BCUT2D eigenvalue weighted by atomic mass is 9.84. The lowest BCUT2D eigenvalue weighted by Gasteiger charge is -2.40. The SMILES string of the molecule is Cc1ncsc1-c1ccc(CNC(=O)[C@@H]2C[C@@H](O)CN2C(O)[C@@H](NC(=O)CCCCCCCC(=O)O)C(C)(C)C)cc1.